The zero-order valence-corrected chi connectivity index (χ0v) is 12.8. The number of rotatable bonds is 6. The molecule has 3 N–H and O–H groups in total. The summed E-state index contributed by atoms with van der Waals surface area (Å²) in [5.41, 5.74) is -0.523. The van der Waals surface area contributed by atoms with Crippen molar-refractivity contribution >= 4 is 23.3 Å². The maximum atomic E-state index is 11.8. The third-order valence-corrected chi connectivity index (χ3v) is 5.16. The van der Waals surface area contributed by atoms with E-state index in [1.165, 1.54) is 0 Å². The van der Waals surface area contributed by atoms with E-state index in [9.17, 15) is 14.0 Å². The van der Waals surface area contributed by atoms with Crippen LogP contribution in [0.1, 0.15) is 20.3 Å². The minimum atomic E-state index is -4.54. The predicted octanol–water partition coefficient (Wildman–Crippen LogP) is -0.177. The van der Waals surface area contributed by atoms with E-state index in [0.717, 1.165) is 0 Å². The van der Waals surface area contributed by atoms with Crippen LogP contribution in [0, 0.1) is 0 Å². The van der Waals surface area contributed by atoms with E-state index in [1.807, 2.05) is 0 Å². The van der Waals surface area contributed by atoms with Gasteiger partial charge in [-0.15, -0.1) is 0 Å². The molecule has 0 amide bonds. The first-order valence-electron chi connectivity index (χ1n) is 5.87. The summed E-state index contributed by atoms with van der Waals surface area (Å²) in [6.45, 7) is 2.87. The molecule has 19 heavy (non-hydrogen) atoms. The van der Waals surface area contributed by atoms with Gasteiger partial charge >= 0.3 is 15.4 Å². The molecule has 11 heteroatoms. The van der Waals surface area contributed by atoms with Gasteiger partial charge in [-0.2, -0.15) is 0 Å². The largest absolute Gasteiger partial charge is 0.469 e. The van der Waals surface area contributed by atoms with Gasteiger partial charge in [0.2, 0.25) is 0 Å². The van der Waals surface area contributed by atoms with Crippen molar-refractivity contribution in [3.63, 3.8) is 0 Å². The molecule has 1 aliphatic heterocycles. The lowest BCUT2D eigenvalue weighted by Gasteiger charge is -2.21. The molecule has 1 saturated heterocycles. The minimum absolute atomic E-state index is 0.248. The minimum Gasteiger partial charge on any atom is -0.379 e. The summed E-state index contributed by atoms with van der Waals surface area (Å²) >= 11 is 0. The molecule has 0 radical (unpaired) electrons. The third kappa shape index (κ3) is 5.65. The second-order valence-corrected chi connectivity index (χ2v) is 8.40. The van der Waals surface area contributed by atoms with E-state index in [1.54, 1.807) is 21.7 Å². The molecule has 1 heterocycles. The Hall–Kier alpha value is 0.285. The van der Waals surface area contributed by atoms with Gasteiger partial charge in [0, 0.05) is 6.42 Å². The summed E-state index contributed by atoms with van der Waals surface area (Å²) in [4.78, 5) is 26.8. The Labute approximate surface area is 112 Å². The molecule has 112 valence electrons. The Kier molecular flexibility index (Phi) is 5.81. The Morgan fingerprint density at radius 3 is 2.42 bits per heavy atom. The van der Waals surface area contributed by atoms with E-state index in [4.69, 9.17) is 19.0 Å². The van der Waals surface area contributed by atoms with Crippen LogP contribution in [0.25, 0.3) is 0 Å². The van der Waals surface area contributed by atoms with Gasteiger partial charge in [0.05, 0.1) is 30.5 Å². The molecule has 1 unspecified atom stereocenters. The molecule has 1 rings (SSSR count). The predicted molar refractivity (Wildman–Crippen MR) is 69.7 cm³/mol. The van der Waals surface area contributed by atoms with Crippen LogP contribution in [-0.2, 0) is 22.9 Å². The lowest BCUT2D eigenvalue weighted by molar-refractivity contribution is 0.0306. The Morgan fingerprint density at radius 1 is 1.37 bits per heavy atom. The molecule has 1 fully saturated rings. The number of phosphoric acid groups is 1. The molecule has 0 spiro atoms. The molecular weight excluding hydrogens is 297 g/mol. The molecule has 0 saturated carbocycles. The van der Waals surface area contributed by atoms with Crippen LogP contribution in [0.5, 0.6) is 0 Å². The standard InChI is InChI=1S/C8H19BO8P2/c1-5(2)18(10,11)17-7-3-6(16-8(7)9)4-15-19(12,13)14/h5-8H,3-4,9H2,1-2H3,(H,10,11)(H2,12,13,14)/t6-,7+,8+/m0/s1. The summed E-state index contributed by atoms with van der Waals surface area (Å²) in [6, 6.07) is -0.440. The molecule has 8 nitrogen and oxygen atoms in total. The first-order valence-corrected chi connectivity index (χ1v) is 9.05. The van der Waals surface area contributed by atoms with Crippen LogP contribution < -0.4 is 0 Å². The highest BCUT2D eigenvalue weighted by molar-refractivity contribution is 7.53. The number of hydrogen-bond donors (Lipinski definition) is 3. The van der Waals surface area contributed by atoms with E-state index in [0.29, 0.717) is 0 Å². The first kappa shape index (κ1) is 17.3. The van der Waals surface area contributed by atoms with Gasteiger partial charge < -0.3 is 23.9 Å². The van der Waals surface area contributed by atoms with Crippen molar-refractivity contribution in [1.29, 1.82) is 0 Å². The van der Waals surface area contributed by atoms with Crippen LogP contribution >= 0.6 is 15.4 Å². The fourth-order valence-electron chi connectivity index (χ4n) is 1.63. The molecule has 4 atom stereocenters. The second-order valence-electron chi connectivity index (χ2n) is 4.79. The van der Waals surface area contributed by atoms with Crippen molar-refractivity contribution in [1.82, 2.24) is 0 Å². The smallest absolute Gasteiger partial charge is 0.379 e. The van der Waals surface area contributed by atoms with Gasteiger partial charge in [0.1, 0.15) is 7.85 Å². The molecular formula is C8H19BO8P2. The summed E-state index contributed by atoms with van der Waals surface area (Å²) in [6.07, 6.45) is -0.915. The molecule has 0 aromatic heterocycles. The lowest BCUT2D eigenvalue weighted by Crippen LogP contribution is -2.24. The van der Waals surface area contributed by atoms with Crippen molar-refractivity contribution in [3.05, 3.63) is 0 Å². The maximum Gasteiger partial charge on any atom is 0.469 e. The Bertz CT molecular complexity index is 396. The van der Waals surface area contributed by atoms with Crippen molar-refractivity contribution in [3.8, 4) is 0 Å². The Balaban J connectivity index is 2.52. The third-order valence-electron chi connectivity index (χ3n) is 2.79. The van der Waals surface area contributed by atoms with E-state index in [-0.39, 0.29) is 13.0 Å². The van der Waals surface area contributed by atoms with Crippen LogP contribution in [0.3, 0.4) is 0 Å². The number of phosphoric ester groups is 1. The van der Waals surface area contributed by atoms with Gasteiger partial charge in [0.25, 0.3) is 0 Å². The highest BCUT2D eigenvalue weighted by Crippen LogP contribution is 2.50. The summed E-state index contributed by atoms with van der Waals surface area (Å²) in [7, 11) is -6.57. The molecule has 0 aliphatic carbocycles. The van der Waals surface area contributed by atoms with Gasteiger partial charge in [0.15, 0.2) is 0 Å². The van der Waals surface area contributed by atoms with Crippen molar-refractivity contribution in [2.75, 3.05) is 6.61 Å². The van der Waals surface area contributed by atoms with Gasteiger partial charge in [-0.05, 0) is 0 Å². The summed E-state index contributed by atoms with van der Waals surface area (Å²) in [5, 5.41) is 0. The SMILES string of the molecule is B[C@@H]1O[C@H](COP(=O)(O)O)C[C@H]1OP(=O)(O)C(C)C. The van der Waals surface area contributed by atoms with E-state index < -0.39 is 39.3 Å². The van der Waals surface area contributed by atoms with Gasteiger partial charge in [-0.1, -0.05) is 13.8 Å². The number of ether oxygens (including phenoxy) is 1. The zero-order chi connectivity index (χ0) is 14.8. The van der Waals surface area contributed by atoms with Crippen molar-refractivity contribution < 1.29 is 37.6 Å². The topological polar surface area (TPSA) is 123 Å². The molecule has 0 bridgehead atoms. The van der Waals surface area contributed by atoms with Gasteiger partial charge in [-0.25, -0.2) is 4.57 Å². The second kappa shape index (κ2) is 6.37. The van der Waals surface area contributed by atoms with Crippen LogP contribution in [0.15, 0.2) is 0 Å². The van der Waals surface area contributed by atoms with E-state index >= 15 is 0 Å². The quantitative estimate of drug-likeness (QED) is 0.456. The first-order chi connectivity index (χ1) is 8.51. The van der Waals surface area contributed by atoms with E-state index in [2.05, 4.69) is 4.52 Å². The van der Waals surface area contributed by atoms with Crippen LogP contribution in [0.2, 0.25) is 0 Å². The summed E-state index contributed by atoms with van der Waals surface area (Å²) in [5.74, 6) is 0. The lowest BCUT2D eigenvalue weighted by atomic mass is 9.95. The highest BCUT2D eigenvalue weighted by atomic mass is 31.2. The van der Waals surface area contributed by atoms with Crippen LogP contribution in [-0.4, -0.2) is 53.0 Å². The summed E-state index contributed by atoms with van der Waals surface area (Å²) < 4.78 is 37.2. The number of hydrogen-bond acceptors (Lipinski definition) is 5. The normalized spacial score (nSPS) is 31.6. The Morgan fingerprint density at radius 2 is 1.95 bits per heavy atom. The van der Waals surface area contributed by atoms with Crippen molar-refractivity contribution in [2.45, 2.75) is 44.1 Å². The zero-order valence-electron chi connectivity index (χ0n) is 11.0. The average molecular weight is 316 g/mol. The van der Waals surface area contributed by atoms with Crippen LogP contribution in [0.4, 0.5) is 0 Å². The monoisotopic (exact) mass is 316 g/mol. The fraction of sp³-hybridized carbons (Fsp3) is 1.00. The maximum absolute atomic E-state index is 11.8. The molecule has 0 aromatic rings. The average Bonchev–Trinajstić information content (AvgIpc) is 2.55. The molecule has 0 aromatic carbocycles. The van der Waals surface area contributed by atoms with Gasteiger partial charge in [-0.3, -0.25) is 9.09 Å². The highest BCUT2D eigenvalue weighted by Gasteiger charge is 2.39. The fourth-order valence-corrected chi connectivity index (χ4v) is 2.88. The van der Waals surface area contributed by atoms with Crippen molar-refractivity contribution in [2.24, 2.45) is 0 Å². The molecule has 1 aliphatic rings.